The molecular weight excluding hydrogens is 474 g/mol. The molecule has 0 spiro atoms. The maximum atomic E-state index is 13.6. The number of nitrogens with zero attached hydrogens (tertiary/aromatic N) is 3. The van der Waals surface area contributed by atoms with Crippen molar-refractivity contribution in [3.05, 3.63) is 88.2 Å². The van der Waals surface area contributed by atoms with Gasteiger partial charge in [-0.3, -0.25) is 4.79 Å². The molecule has 0 atom stereocenters. The largest absolute Gasteiger partial charge is 0.496 e. The number of benzene rings is 3. The summed E-state index contributed by atoms with van der Waals surface area (Å²) >= 11 is 6.21. The third kappa shape index (κ3) is 5.34. The molecule has 188 valence electrons. The molecule has 0 N–H and O–H groups in total. The van der Waals surface area contributed by atoms with E-state index in [1.807, 2.05) is 54.3 Å². The topological polar surface area (TPSA) is 56.6 Å². The number of fused-ring (bicyclic) bond motifs is 1. The highest BCUT2D eigenvalue weighted by Gasteiger charge is 2.22. The molecule has 4 rings (SSSR count). The van der Waals surface area contributed by atoms with E-state index >= 15 is 0 Å². The van der Waals surface area contributed by atoms with Crippen molar-refractivity contribution in [3.63, 3.8) is 0 Å². The van der Waals surface area contributed by atoms with Crippen molar-refractivity contribution in [1.82, 2.24) is 14.5 Å². The van der Waals surface area contributed by atoms with Gasteiger partial charge in [-0.1, -0.05) is 43.1 Å². The predicted molar refractivity (Wildman–Crippen MR) is 144 cm³/mol. The van der Waals surface area contributed by atoms with Gasteiger partial charge < -0.3 is 18.9 Å². The molecule has 36 heavy (non-hydrogen) atoms. The van der Waals surface area contributed by atoms with Gasteiger partial charge in [-0.25, -0.2) is 4.98 Å². The minimum Gasteiger partial charge on any atom is -0.496 e. The zero-order chi connectivity index (χ0) is 25.7. The van der Waals surface area contributed by atoms with E-state index in [0.29, 0.717) is 30.2 Å². The summed E-state index contributed by atoms with van der Waals surface area (Å²) in [6.07, 6.45) is 1.89. The molecule has 3 aromatic carbocycles. The zero-order valence-corrected chi connectivity index (χ0v) is 22.0. The Hall–Kier alpha value is -3.51. The van der Waals surface area contributed by atoms with E-state index in [0.717, 1.165) is 52.3 Å². The average Bonchev–Trinajstić information content (AvgIpc) is 3.24. The van der Waals surface area contributed by atoms with Crippen molar-refractivity contribution >= 4 is 28.5 Å². The highest BCUT2D eigenvalue weighted by molar-refractivity contribution is 6.31. The Morgan fingerprint density at radius 2 is 1.75 bits per heavy atom. The fourth-order valence-corrected chi connectivity index (χ4v) is 4.51. The first kappa shape index (κ1) is 25.6. The lowest BCUT2D eigenvalue weighted by molar-refractivity contribution is 0.0735. The molecule has 0 fully saturated rings. The van der Waals surface area contributed by atoms with Gasteiger partial charge in [-0.05, 0) is 61.4 Å². The zero-order valence-electron chi connectivity index (χ0n) is 21.3. The van der Waals surface area contributed by atoms with E-state index in [4.69, 9.17) is 26.1 Å². The number of carbonyl (C=O) groups excluding carboxylic acids is 1. The normalized spacial score (nSPS) is 11.0. The molecule has 0 radical (unpaired) electrons. The number of hydrogen-bond donors (Lipinski definition) is 0. The number of ether oxygens (including phenoxy) is 2. The number of amides is 1. The Balaban J connectivity index is 1.76. The smallest absolute Gasteiger partial charge is 0.254 e. The number of methoxy groups -OCH3 is 2. The lowest BCUT2D eigenvalue weighted by Crippen LogP contribution is -2.33. The molecule has 1 heterocycles. The summed E-state index contributed by atoms with van der Waals surface area (Å²) in [5.74, 6) is 2.26. The fraction of sp³-hybridized carbons (Fsp3) is 0.310. The van der Waals surface area contributed by atoms with E-state index in [1.165, 1.54) is 0 Å². The number of aryl methyl sites for hydroxylation is 1. The maximum absolute atomic E-state index is 13.6. The Bertz CT molecular complexity index is 1340. The van der Waals surface area contributed by atoms with Crippen LogP contribution in [-0.4, -0.2) is 41.1 Å². The van der Waals surface area contributed by atoms with Crippen molar-refractivity contribution in [2.75, 3.05) is 20.8 Å². The van der Waals surface area contributed by atoms with Crippen LogP contribution in [0.5, 0.6) is 11.5 Å². The Morgan fingerprint density at radius 3 is 2.42 bits per heavy atom. The van der Waals surface area contributed by atoms with E-state index < -0.39 is 0 Å². The first-order valence-corrected chi connectivity index (χ1v) is 12.5. The second kappa shape index (κ2) is 11.5. The van der Waals surface area contributed by atoms with Crippen molar-refractivity contribution < 1.29 is 14.3 Å². The van der Waals surface area contributed by atoms with Crippen molar-refractivity contribution in [2.45, 2.75) is 39.8 Å². The van der Waals surface area contributed by atoms with Crippen LogP contribution in [0.4, 0.5) is 0 Å². The molecule has 0 aliphatic carbocycles. The number of hydrogen-bond acceptors (Lipinski definition) is 4. The van der Waals surface area contributed by atoms with Crippen molar-refractivity contribution in [3.8, 4) is 11.5 Å². The van der Waals surface area contributed by atoms with E-state index in [9.17, 15) is 4.79 Å². The molecule has 0 aliphatic heterocycles. The minimum absolute atomic E-state index is 0.0308. The summed E-state index contributed by atoms with van der Waals surface area (Å²) in [4.78, 5) is 20.4. The third-order valence-electron chi connectivity index (χ3n) is 6.39. The molecule has 0 saturated heterocycles. The summed E-state index contributed by atoms with van der Waals surface area (Å²) in [7, 11) is 3.31. The van der Waals surface area contributed by atoms with Crippen LogP contribution in [-0.2, 0) is 13.1 Å². The molecule has 0 unspecified atom stereocenters. The number of carbonyl (C=O) groups is 1. The van der Waals surface area contributed by atoms with Gasteiger partial charge in [0.25, 0.3) is 5.91 Å². The van der Waals surface area contributed by atoms with Crippen LogP contribution in [0.2, 0.25) is 5.02 Å². The van der Waals surface area contributed by atoms with Crippen molar-refractivity contribution in [2.24, 2.45) is 0 Å². The lowest BCUT2D eigenvalue weighted by atomic mass is 10.1. The second-order valence-corrected chi connectivity index (χ2v) is 9.20. The van der Waals surface area contributed by atoms with Gasteiger partial charge in [-0.15, -0.1) is 0 Å². The molecule has 0 saturated carbocycles. The predicted octanol–water partition coefficient (Wildman–Crippen LogP) is 6.51. The summed E-state index contributed by atoms with van der Waals surface area (Å²) in [5.41, 5.74) is 4.31. The van der Waals surface area contributed by atoms with Gasteiger partial charge in [0.1, 0.15) is 17.3 Å². The van der Waals surface area contributed by atoms with Crippen LogP contribution in [0.1, 0.15) is 47.1 Å². The Labute approximate surface area is 217 Å². The molecule has 1 amide bonds. The number of imidazole rings is 1. The quantitative estimate of drug-likeness (QED) is 0.246. The summed E-state index contributed by atoms with van der Waals surface area (Å²) in [5, 5.41) is 0.652. The van der Waals surface area contributed by atoms with Gasteiger partial charge in [-0.2, -0.15) is 0 Å². The molecule has 1 aromatic heterocycles. The van der Waals surface area contributed by atoms with E-state index in [2.05, 4.69) is 17.6 Å². The van der Waals surface area contributed by atoms with E-state index in [-0.39, 0.29) is 5.91 Å². The van der Waals surface area contributed by atoms with E-state index in [1.54, 1.807) is 26.4 Å². The number of rotatable bonds is 10. The molecule has 4 aromatic rings. The van der Waals surface area contributed by atoms with Crippen LogP contribution < -0.4 is 9.47 Å². The SMILES string of the molecule is CCCCN(Cc1nc2ccccc2n1Cc1c(OC)cccc1OC)C(=O)c1ccc(Cl)c(C)c1. The monoisotopic (exact) mass is 505 g/mol. The van der Waals surface area contributed by atoms with Crippen molar-refractivity contribution in [1.29, 1.82) is 0 Å². The van der Waals surface area contributed by atoms with Crippen LogP contribution >= 0.6 is 11.6 Å². The van der Waals surface area contributed by atoms with Gasteiger partial charge in [0, 0.05) is 17.1 Å². The lowest BCUT2D eigenvalue weighted by Gasteiger charge is -2.24. The maximum Gasteiger partial charge on any atom is 0.254 e. The Kier molecular flexibility index (Phi) is 8.16. The van der Waals surface area contributed by atoms with Gasteiger partial charge >= 0.3 is 0 Å². The van der Waals surface area contributed by atoms with Crippen LogP contribution in [0, 0.1) is 6.92 Å². The van der Waals surface area contributed by atoms with Gasteiger partial charge in [0.2, 0.25) is 0 Å². The fourth-order valence-electron chi connectivity index (χ4n) is 4.40. The molecule has 0 bridgehead atoms. The highest BCUT2D eigenvalue weighted by atomic mass is 35.5. The minimum atomic E-state index is -0.0308. The number of aromatic nitrogens is 2. The third-order valence-corrected chi connectivity index (χ3v) is 6.81. The van der Waals surface area contributed by atoms with Crippen LogP contribution in [0.15, 0.2) is 60.7 Å². The summed E-state index contributed by atoms with van der Waals surface area (Å²) in [6, 6.07) is 19.2. The number of halogens is 1. The number of para-hydroxylation sites is 2. The first-order valence-electron chi connectivity index (χ1n) is 12.2. The molecule has 0 aliphatic rings. The molecule has 7 heteroatoms. The van der Waals surface area contributed by atoms with Crippen LogP contribution in [0.3, 0.4) is 0 Å². The second-order valence-electron chi connectivity index (χ2n) is 8.79. The Morgan fingerprint density at radius 1 is 1.03 bits per heavy atom. The molecular formula is C29H32ClN3O3. The number of unbranched alkanes of at least 4 members (excludes halogenated alkanes) is 1. The standard InChI is InChI=1S/C29H32ClN3O3/c1-5-6-16-32(29(34)21-14-15-23(30)20(2)17-21)19-28-31-24-10-7-8-11-25(24)33(28)18-22-26(35-3)12-9-13-27(22)36-4/h7-15,17H,5-6,16,18-19H2,1-4H3. The summed E-state index contributed by atoms with van der Waals surface area (Å²) < 4.78 is 13.4. The van der Waals surface area contributed by atoms with Gasteiger partial charge in [0.15, 0.2) is 0 Å². The first-order chi connectivity index (χ1) is 17.5. The average molecular weight is 506 g/mol. The molecule has 6 nitrogen and oxygen atoms in total. The van der Waals surface area contributed by atoms with Gasteiger partial charge in [0.05, 0.1) is 43.9 Å². The summed E-state index contributed by atoms with van der Waals surface area (Å²) in [6.45, 7) is 5.55. The van der Waals surface area contributed by atoms with Crippen LogP contribution in [0.25, 0.3) is 11.0 Å². The highest BCUT2D eigenvalue weighted by Crippen LogP contribution is 2.31.